The van der Waals surface area contributed by atoms with E-state index in [4.69, 9.17) is 10.5 Å². The largest absolute Gasteiger partial charge is 0.478 e. The summed E-state index contributed by atoms with van der Waals surface area (Å²) in [6, 6.07) is 6.95. The lowest BCUT2D eigenvalue weighted by Gasteiger charge is -2.36. The Labute approximate surface area is 116 Å². The number of ether oxygens (including phenoxy) is 1. The summed E-state index contributed by atoms with van der Waals surface area (Å²) in [4.78, 5) is 6.98. The van der Waals surface area contributed by atoms with Crippen molar-refractivity contribution in [3.8, 4) is 5.88 Å². The second-order valence-electron chi connectivity index (χ2n) is 5.12. The number of nitrogens with two attached hydrogens (primary N) is 1. The van der Waals surface area contributed by atoms with Gasteiger partial charge in [0.05, 0.1) is 6.61 Å². The summed E-state index contributed by atoms with van der Waals surface area (Å²) in [5, 5.41) is 0. The van der Waals surface area contributed by atoms with Crippen molar-refractivity contribution in [1.29, 1.82) is 0 Å². The van der Waals surface area contributed by atoms with Crippen LogP contribution in [0.1, 0.15) is 39.5 Å². The van der Waals surface area contributed by atoms with Crippen LogP contribution in [0.4, 0.5) is 5.82 Å². The van der Waals surface area contributed by atoms with Gasteiger partial charge in [0.2, 0.25) is 5.88 Å². The van der Waals surface area contributed by atoms with Crippen LogP contribution in [-0.4, -0.2) is 30.2 Å². The van der Waals surface area contributed by atoms with Crippen LogP contribution in [-0.2, 0) is 0 Å². The van der Waals surface area contributed by atoms with Crippen molar-refractivity contribution in [2.24, 2.45) is 5.73 Å². The van der Waals surface area contributed by atoms with Crippen LogP contribution in [0.3, 0.4) is 0 Å². The Hall–Kier alpha value is -1.29. The second kappa shape index (κ2) is 6.75. The predicted octanol–water partition coefficient (Wildman–Crippen LogP) is 2.58. The minimum absolute atomic E-state index is 0.387. The van der Waals surface area contributed by atoms with Crippen LogP contribution in [0.2, 0.25) is 0 Å². The lowest BCUT2D eigenvalue weighted by Crippen LogP contribution is -2.41. The lowest BCUT2D eigenvalue weighted by atomic mass is 9.90. The van der Waals surface area contributed by atoms with Crippen molar-refractivity contribution in [2.75, 3.05) is 18.1 Å². The van der Waals surface area contributed by atoms with Crippen LogP contribution >= 0.6 is 0 Å². The van der Waals surface area contributed by atoms with Gasteiger partial charge in [0, 0.05) is 24.7 Å². The van der Waals surface area contributed by atoms with E-state index >= 15 is 0 Å². The van der Waals surface area contributed by atoms with Gasteiger partial charge in [-0.15, -0.1) is 0 Å². The Kier molecular flexibility index (Phi) is 5.02. The van der Waals surface area contributed by atoms with Gasteiger partial charge >= 0.3 is 0 Å². The fourth-order valence-corrected chi connectivity index (χ4v) is 2.81. The quantitative estimate of drug-likeness (QED) is 0.887. The maximum atomic E-state index is 5.99. The van der Waals surface area contributed by atoms with Gasteiger partial charge in [-0.05, 0) is 45.6 Å². The molecular weight excluding hydrogens is 238 g/mol. The van der Waals surface area contributed by atoms with Gasteiger partial charge in [0.25, 0.3) is 0 Å². The number of rotatable bonds is 5. The summed E-state index contributed by atoms with van der Waals surface area (Å²) >= 11 is 0. The van der Waals surface area contributed by atoms with Crippen molar-refractivity contribution in [1.82, 2.24) is 4.98 Å². The maximum Gasteiger partial charge on any atom is 0.215 e. The third-order valence-electron chi connectivity index (χ3n) is 3.82. The van der Waals surface area contributed by atoms with E-state index in [1.807, 2.05) is 19.1 Å². The molecule has 0 atom stereocenters. The van der Waals surface area contributed by atoms with Crippen molar-refractivity contribution in [2.45, 2.75) is 51.6 Å². The molecule has 1 aliphatic carbocycles. The molecule has 1 aliphatic rings. The molecule has 0 aliphatic heterocycles. The Balaban J connectivity index is 2.10. The molecule has 1 heterocycles. The number of hydrogen-bond donors (Lipinski definition) is 1. The fraction of sp³-hybridized carbons (Fsp3) is 0.667. The standard InChI is InChI=1S/C15H25N3O/c1-3-18(13-10-8-12(16)9-11-13)14-6-5-7-15(17-14)19-4-2/h5-7,12-13H,3-4,8-11,16H2,1-2H3. The van der Waals surface area contributed by atoms with E-state index in [1.165, 1.54) is 0 Å². The zero-order valence-corrected chi connectivity index (χ0v) is 12.0. The molecule has 0 saturated heterocycles. The summed E-state index contributed by atoms with van der Waals surface area (Å²) in [6.07, 6.45) is 4.56. The Bertz CT molecular complexity index is 389. The average Bonchev–Trinajstić information content (AvgIpc) is 2.43. The molecule has 0 bridgehead atoms. The first-order valence-corrected chi connectivity index (χ1v) is 7.36. The molecule has 1 aromatic heterocycles. The summed E-state index contributed by atoms with van der Waals surface area (Å²) < 4.78 is 5.49. The lowest BCUT2D eigenvalue weighted by molar-refractivity contribution is 0.325. The van der Waals surface area contributed by atoms with E-state index in [-0.39, 0.29) is 0 Å². The first kappa shape index (κ1) is 14.1. The Morgan fingerprint density at radius 3 is 2.63 bits per heavy atom. The van der Waals surface area contributed by atoms with E-state index in [0.717, 1.165) is 38.0 Å². The number of anilines is 1. The summed E-state index contributed by atoms with van der Waals surface area (Å²) in [5.74, 6) is 1.74. The minimum Gasteiger partial charge on any atom is -0.478 e. The summed E-state index contributed by atoms with van der Waals surface area (Å²) in [6.45, 7) is 5.79. The number of aromatic nitrogens is 1. The maximum absolute atomic E-state index is 5.99. The highest BCUT2D eigenvalue weighted by Gasteiger charge is 2.24. The highest BCUT2D eigenvalue weighted by atomic mass is 16.5. The van der Waals surface area contributed by atoms with Gasteiger partial charge in [-0.3, -0.25) is 0 Å². The van der Waals surface area contributed by atoms with Gasteiger partial charge in [-0.25, -0.2) is 0 Å². The molecule has 2 rings (SSSR count). The van der Waals surface area contributed by atoms with Gasteiger partial charge in [-0.1, -0.05) is 6.07 Å². The minimum atomic E-state index is 0.387. The van der Waals surface area contributed by atoms with Crippen LogP contribution < -0.4 is 15.4 Å². The van der Waals surface area contributed by atoms with Crippen molar-refractivity contribution < 1.29 is 4.74 Å². The topological polar surface area (TPSA) is 51.4 Å². The molecule has 1 saturated carbocycles. The van der Waals surface area contributed by atoms with Gasteiger partial charge in [0.1, 0.15) is 5.82 Å². The van der Waals surface area contributed by atoms with E-state index in [2.05, 4.69) is 22.9 Å². The first-order valence-electron chi connectivity index (χ1n) is 7.36. The van der Waals surface area contributed by atoms with E-state index < -0.39 is 0 Å². The second-order valence-corrected chi connectivity index (χ2v) is 5.12. The molecule has 0 spiro atoms. The van der Waals surface area contributed by atoms with Gasteiger partial charge in [0.15, 0.2) is 0 Å². The van der Waals surface area contributed by atoms with Gasteiger partial charge in [-0.2, -0.15) is 4.98 Å². The van der Waals surface area contributed by atoms with Crippen molar-refractivity contribution in [3.63, 3.8) is 0 Å². The zero-order valence-electron chi connectivity index (χ0n) is 12.0. The molecule has 106 valence electrons. The van der Waals surface area contributed by atoms with E-state index in [0.29, 0.717) is 24.6 Å². The Morgan fingerprint density at radius 2 is 2.00 bits per heavy atom. The van der Waals surface area contributed by atoms with Crippen LogP contribution in [0.25, 0.3) is 0 Å². The molecule has 1 fully saturated rings. The van der Waals surface area contributed by atoms with Crippen molar-refractivity contribution >= 4 is 5.82 Å². The third-order valence-corrected chi connectivity index (χ3v) is 3.82. The average molecular weight is 263 g/mol. The normalized spacial score (nSPS) is 23.1. The SMILES string of the molecule is CCOc1cccc(N(CC)C2CCC(N)CC2)n1. The molecule has 0 unspecified atom stereocenters. The highest BCUT2D eigenvalue weighted by molar-refractivity contribution is 5.42. The van der Waals surface area contributed by atoms with E-state index in [1.54, 1.807) is 0 Å². The van der Waals surface area contributed by atoms with Crippen LogP contribution in [0.15, 0.2) is 18.2 Å². The number of hydrogen-bond acceptors (Lipinski definition) is 4. The van der Waals surface area contributed by atoms with Crippen LogP contribution in [0, 0.1) is 0 Å². The van der Waals surface area contributed by atoms with Crippen molar-refractivity contribution in [3.05, 3.63) is 18.2 Å². The molecule has 19 heavy (non-hydrogen) atoms. The number of pyridine rings is 1. The zero-order chi connectivity index (χ0) is 13.7. The first-order chi connectivity index (χ1) is 9.24. The van der Waals surface area contributed by atoms with E-state index in [9.17, 15) is 0 Å². The molecule has 0 radical (unpaired) electrons. The highest BCUT2D eigenvalue weighted by Crippen LogP contribution is 2.26. The molecule has 0 aromatic carbocycles. The molecule has 4 nitrogen and oxygen atoms in total. The smallest absolute Gasteiger partial charge is 0.215 e. The molecule has 2 N–H and O–H groups in total. The monoisotopic (exact) mass is 263 g/mol. The summed E-state index contributed by atoms with van der Waals surface area (Å²) in [5.41, 5.74) is 5.99. The molecular formula is C15H25N3O. The predicted molar refractivity (Wildman–Crippen MR) is 78.7 cm³/mol. The summed E-state index contributed by atoms with van der Waals surface area (Å²) in [7, 11) is 0. The molecule has 0 amide bonds. The molecule has 1 aromatic rings. The Morgan fingerprint density at radius 1 is 1.26 bits per heavy atom. The number of nitrogens with zero attached hydrogens (tertiary/aromatic N) is 2. The van der Waals surface area contributed by atoms with Crippen LogP contribution in [0.5, 0.6) is 5.88 Å². The van der Waals surface area contributed by atoms with Gasteiger partial charge < -0.3 is 15.4 Å². The fourth-order valence-electron chi connectivity index (χ4n) is 2.81. The molecule has 4 heteroatoms. The third kappa shape index (κ3) is 3.60.